The Kier molecular flexibility index (Phi) is 7.62. The summed E-state index contributed by atoms with van der Waals surface area (Å²) in [6.07, 6.45) is 2.99. The molecule has 0 aromatic carbocycles. The second-order valence-electron chi connectivity index (χ2n) is 3.81. The molecule has 1 aromatic heterocycles. The second kappa shape index (κ2) is 9.15. The van der Waals surface area contributed by atoms with Gasteiger partial charge in [0.25, 0.3) is 0 Å². The van der Waals surface area contributed by atoms with Gasteiger partial charge in [0.2, 0.25) is 0 Å². The zero-order valence-corrected chi connectivity index (χ0v) is 10.8. The molecule has 0 atom stereocenters. The van der Waals surface area contributed by atoms with Gasteiger partial charge in [0.1, 0.15) is 0 Å². The average molecular weight is 241 g/mol. The molecule has 0 unspecified atom stereocenters. The molecule has 0 spiro atoms. The van der Waals surface area contributed by atoms with Crippen molar-refractivity contribution in [2.24, 2.45) is 0 Å². The predicted octanol–water partition coefficient (Wildman–Crippen LogP) is 1.05. The number of nitrogens with zero attached hydrogens (tertiary/aromatic N) is 2. The third kappa shape index (κ3) is 6.41. The van der Waals surface area contributed by atoms with Crippen molar-refractivity contribution in [2.45, 2.75) is 26.4 Å². The summed E-state index contributed by atoms with van der Waals surface area (Å²) >= 11 is 0. The highest BCUT2D eigenvalue weighted by molar-refractivity contribution is 4.98. The molecule has 0 aliphatic heterocycles. The van der Waals surface area contributed by atoms with Crippen molar-refractivity contribution in [3.63, 3.8) is 0 Å². The molecule has 0 saturated carbocycles. The van der Waals surface area contributed by atoms with Crippen LogP contribution < -0.4 is 5.32 Å². The molecule has 1 aromatic rings. The molecule has 0 radical (unpaired) electrons. The fraction of sp³-hybridized carbons (Fsp3) is 0.750. The minimum Gasteiger partial charge on any atom is -0.382 e. The highest BCUT2D eigenvalue weighted by Gasteiger charge is 1.98. The van der Waals surface area contributed by atoms with Crippen LogP contribution in [0, 0.1) is 0 Å². The van der Waals surface area contributed by atoms with Gasteiger partial charge in [0.15, 0.2) is 0 Å². The summed E-state index contributed by atoms with van der Waals surface area (Å²) in [4.78, 5) is 0. The fourth-order valence-electron chi connectivity index (χ4n) is 1.45. The Hall–Kier alpha value is -0.910. The van der Waals surface area contributed by atoms with Crippen LogP contribution in [0.5, 0.6) is 0 Å². The molecule has 5 nitrogen and oxygen atoms in total. The maximum Gasteiger partial charge on any atom is 0.0762 e. The van der Waals surface area contributed by atoms with Gasteiger partial charge in [-0.1, -0.05) is 6.92 Å². The van der Waals surface area contributed by atoms with Crippen LogP contribution in [-0.2, 0) is 22.6 Å². The van der Waals surface area contributed by atoms with Gasteiger partial charge in [-0.05, 0) is 19.0 Å². The maximum atomic E-state index is 5.39. The quantitative estimate of drug-likeness (QED) is 0.622. The Bertz CT molecular complexity index is 289. The van der Waals surface area contributed by atoms with Gasteiger partial charge in [-0.15, -0.1) is 0 Å². The van der Waals surface area contributed by atoms with E-state index in [4.69, 9.17) is 9.47 Å². The van der Waals surface area contributed by atoms with Crippen molar-refractivity contribution in [2.75, 3.05) is 33.5 Å². The molecule has 0 bridgehead atoms. The van der Waals surface area contributed by atoms with Crippen LogP contribution in [0.1, 0.15) is 19.0 Å². The van der Waals surface area contributed by atoms with Crippen LogP contribution in [0.3, 0.4) is 0 Å². The minimum atomic E-state index is 0.661. The SMILES string of the molecule is CCNCc1ccn(CCCOCCOC)n1. The molecule has 98 valence electrons. The Balaban J connectivity index is 2.08. The van der Waals surface area contributed by atoms with Crippen LogP contribution >= 0.6 is 0 Å². The Morgan fingerprint density at radius 1 is 1.35 bits per heavy atom. The highest BCUT2D eigenvalue weighted by atomic mass is 16.5. The molecular formula is C12H23N3O2. The molecule has 1 N–H and O–H groups in total. The molecule has 0 fully saturated rings. The summed E-state index contributed by atoms with van der Waals surface area (Å²) in [7, 11) is 1.68. The van der Waals surface area contributed by atoms with Gasteiger partial charge in [-0.2, -0.15) is 5.10 Å². The molecule has 0 amide bonds. The second-order valence-corrected chi connectivity index (χ2v) is 3.81. The van der Waals surface area contributed by atoms with Crippen LogP contribution in [0.15, 0.2) is 12.3 Å². The first-order chi connectivity index (χ1) is 8.36. The lowest BCUT2D eigenvalue weighted by Crippen LogP contribution is -2.13. The first-order valence-corrected chi connectivity index (χ1v) is 6.16. The molecule has 5 heteroatoms. The van der Waals surface area contributed by atoms with Crippen molar-refractivity contribution in [1.29, 1.82) is 0 Å². The Morgan fingerprint density at radius 3 is 3.00 bits per heavy atom. The lowest BCUT2D eigenvalue weighted by atomic mass is 10.4. The number of methoxy groups -OCH3 is 1. The number of nitrogens with one attached hydrogen (secondary N) is 1. The zero-order valence-electron chi connectivity index (χ0n) is 10.8. The first kappa shape index (κ1) is 14.2. The molecule has 0 aliphatic rings. The van der Waals surface area contributed by atoms with Gasteiger partial charge in [0.05, 0.1) is 18.9 Å². The van der Waals surface area contributed by atoms with Crippen LogP contribution in [0.25, 0.3) is 0 Å². The summed E-state index contributed by atoms with van der Waals surface area (Å²) in [6.45, 7) is 6.89. The van der Waals surface area contributed by atoms with Crippen molar-refractivity contribution in [1.82, 2.24) is 15.1 Å². The zero-order chi connectivity index (χ0) is 12.3. The fourth-order valence-corrected chi connectivity index (χ4v) is 1.45. The molecular weight excluding hydrogens is 218 g/mol. The molecule has 1 rings (SSSR count). The number of ether oxygens (including phenoxy) is 2. The lowest BCUT2D eigenvalue weighted by molar-refractivity contribution is 0.0677. The third-order valence-electron chi connectivity index (χ3n) is 2.36. The van der Waals surface area contributed by atoms with Crippen molar-refractivity contribution in [3.8, 4) is 0 Å². The van der Waals surface area contributed by atoms with Gasteiger partial charge < -0.3 is 14.8 Å². The van der Waals surface area contributed by atoms with E-state index in [0.29, 0.717) is 13.2 Å². The minimum absolute atomic E-state index is 0.661. The number of hydrogen-bond donors (Lipinski definition) is 1. The summed E-state index contributed by atoms with van der Waals surface area (Å²) in [5.41, 5.74) is 1.09. The van der Waals surface area contributed by atoms with Crippen LogP contribution in [0.2, 0.25) is 0 Å². The van der Waals surface area contributed by atoms with E-state index in [1.54, 1.807) is 7.11 Å². The largest absolute Gasteiger partial charge is 0.382 e. The summed E-state index contributed by atoms with van der Waals surface area (Å²) in [6, 6.07) is 2.05. The summed E-state index contributed by atoms with van der Waals surface area (Å²) in [5.74, 6) is 0. The number of rotatable bonds is 10. The van der Waals surface area contributed by atoms with Crippen molar-refractivity contribution >= 4 is 0 Å². The van der Waals surface area contributed by atoms with Crippen molar-refractivity contribution < 1.29 is 9.47 Å². The van der Waals surface area contributed by atoms with E-state index in [1.807, 2.05) is 10.9 Å². The van der Waals surface area contributed by atoms with E-state index >= 15 is 0 Å². The van der Waals surface area contributed by atoms with Gasteiger partial charge in [-0.25, -0.2) is 0 Å². The van der Waals surface area contributed by atoms with Gasteiger partial charge in [0, 0.05) is 33.0 Å². The van der Waals surface area contributed by atoms with Crippen LogP contribution in [0.4, 0.5) is 0 Å². The smallest absolute Gasteiger partial charge is 0.0762 e. The van der Waals surface area contributed by atoms with E-state index in [1.165, 1.54) is 0 Å². The number of aromatic nitrogens is 2. The molecule has 1 heterocycles. The normalized spacial score (nSPS) is 10.9. The first-order valence-electron chi connectivity index (χ1n) is 6.16. The van der Waals surface area contributed by atoms with E-state index in [9.17, 15) is 0 Å². The molecule has 0 aliphatic carbocycles. The lowest BCUT2D eigenvalue weighted by Gasteiger charge is -2.04. The van der Waals surface area contributed by atoms with E-state index < -0.39 is 0 Å². The van der Waals surface area contributed by atoms with Crippen molar-refractivity contribution in [3.05, 3.63) is 18.0 Å². The third-order valence-corrected chi connectivity index (χ3v) is 2.36. The van der Waals surface area contributed by atoms with Crippen LogP contribution in [-0.4, -0.2) is 43.3 Å². The van der Waals surface area contributed by atoms with E-state index in [-0.39, 0.29) is 0 Å². The average Bonchev–Trinajstić information content (AvgIpc) is 2.79. The topological polar surface area (TPSA) is 48.3 Å². The number of aryl methyl sites for hydroxylation is 1. The molecule has 0 saturated heterocycles. The Morgan fingerprint density at radius 2 is 2.24 bits per heavy atom. The Labute approximate surface area is 103 Å². The van der Waals surface area contributed by atoms with E-state index in [2.05, 4.69) is 23.4 Å². The van der Waals surface area contributed by atoms with Gasteiger partial charge in [-0.3, -0.25) is 4.68 Å². The molecule has 17 heavy (non-hydrogen) atoms. The number of hydrogen-bond acceptors (Lipinski definition) is 4. The standard InChI is InChI=1S/C12H23N3O2/c1-3-13-11-12-5-7-15(14-12)6-4-8-17-10-9-16-2/h5,7,13H,3-4,6,8-11H2,1-2H3. The summed E-state index contributed by atoms with van der Waals surface area (Å²) < 4.78 is 12.3. The van der Waals surface area contributed by atoms with E-state index in [0.717, 1.165) is 38.4 Å². The summed E-state index contributed by atoms with van der Waals surface area (Å²) in [5, 5.41) is 7.71. The maximum absolute atomic E-state index is 5.39. The van der Waals surface area contributed by atoms with Gasteiger partial charge >= 0.3 is 0 Å². The highest BCUT2D eigenvalue weighted by Crippen LogP contribution is 1.97. The predicted molar refractivity (Wildman–Crippen MR) is 66.9 cm³/mol. The monoisotopic (exact) mass is 241 g/mol.